The maximum atomic E-state index is 12.5. The average molecular weight is 1330 g/mol. The molecule has 0 bridgehead atoms. The molecule has 4 N–H and O–H groups in total. The van der Waals surface area contributed by atoms with Gasteiger partial charge in [-0.3, -0.25) is 0 Å². The van der Waals surface area contributed by atoms with E-state index in [0.29, 0.717) is 35.2 Å². The predicted octanol–water partition coefficient (Wildman–Crippen LogP) is 12.3. The summed E-state index contributed by atoms with van der Waals surface area (Å²) in [5, 5.41) is 8.79. The van der Waals surface area contributed by atoms with Gasteiger partial charge in [-0.1, -0.05) is 64.8 Å². The van der Waals surface area contributed by atoms with Crippen LogP contribution in [0.5, 0.6) is 17.6 Å². The molecule has 3 aromatic heterocycles. The maximum absolute atomic E-state index is 12.5. The Kier molecular flexibility index (Phi) is 32.8. The molecule has 3 radical (unpaired) electrons. The van der Waals surface area contributed by atoms with Crippen LogP contribution in [0.4, 0.5) is 0 Å². The summed E-state index contributed by atoms with van der Waals surface area (Å²) in [6.07, 6.45) is 19.7. The van der Waals surface area contributed by atoms with E-state index >= 15 is 0 Å². The van der Waals surface area contributed by atoms with Gasteiger partial charge in [0, 0.05) is 135 Å². The molecular formula is C57H94N6O9Si2Y3-6. The number of hydrogen-bond acceptors (Lipinski definition) is 12. The van der Waals surface area contributed by atoms with E-state index in [9.17, 15) is 19.2 Å². The van der Waals surface area contributed by atoms with Gasteiger partial charge in [0.25, 0.3) is 0 Å². The summed E-state index contributed by atoms with van der Waals surface area (Å²) in [6.45, 7) is 41.6. The number of aromatic nitrogens is 6. The van der Waals surface area contributed by atoms with E-state index in [1.807, 2.05) is 0 Å². The molecule has 0 saturated heterocycles. The number of allylic oxidation sites excluding steroid dienone is 4. The number of H-pyrrole nitrogens is 3. The number of nitrogens with one attached hydrogen (secondary N) is 3. The van der Waals surface area contributed by atoms with Gasteiger partial charge in [0.15, 0.2) is 16.6 Å². The summed E-state index contributed by atoms with van der Waals surface area (Å²) >= 11 is 0. The standard InChI is InChI=1S/C20H33N2O3Si.C16H32O2Si.C14H17N2O2.C4H3N2O2.3CH3.3Y/c1-18(2,3)26(7,8)25-20(6)10-9-14-13(11-20)15-16(23)21-12-22-17(15)24-19(14,4)5;1-14(2)10-9-11-16(6,12-13-17)18-19(7,8)15(3,4)5;1-8-4-5-10-9(6-8)11-12(17)15-7-16-13(11)18-14(10,2)3;7-3-1-4(8)6-2-5-3;;;;;;/h13-14H,9-11H2,1-8H3,(H,21,22,23);10,13H,9,11-12H2,1-8H3;4,9-10H,5-6H2,1-3H3,(H,15,16,17);1H,(H2,5,6,7,8);3*1H3;;;/q-1;;5*-1;;;. The smallest absolute Gasteiger partial charge is 0.192 e. The first kappa shape index (κ1) is 80.1. The second kappa shape index (κ2) is 31.5. The van der Waals surface area contributed by atoms with Gasteiger partial charge in [-0.25, -0.2) is 0 Å². The average Bonchev–Trinajstić information content (AvgIpc) is 3.19. The Hall–Kier alpha value is -1.14. The molecule has 0 amide bonds. The largest absolute Gasteiger partial charge is 0.550 e. The minimum absolute atomic E-state index is 0. The van der Waals surface area contributed by atoms with Crippen LogP contribution in [0.15, 0.2) is 43.7 Å². The van der Waals surface area contributed by atoms with Crippen LogP contribution in [0.2, 0.25) is 36.3 Å². The summed E-state index contributed by atoms with van der Waals surface area (Å²) in [7, 11) is -3.74. The Balaban J connectivity index is -0.000000973. The molecule has 6 unspecified atom stereocenters. The summed E-state index contributed by atoms with van der Waals surface area (Å²) < 4.78 is 25.4. The Morgan fingerprint density at radius 1 is 0.779 bits per heavy atom. The Morgan fingerprint density at radius 2 is 1.26 bits per heavy atom. The minimum Gasteiger partial charge on any atom is -0.550 e. The second-order valence-corrected chi connectivity index (χ2v) is 34.3. The van der Waals surface area contributed by atoms with Crippen LogP contribution in [0.1, 0.15) is 178 Å². The number of aromatic amines is 3. The van der Waals surface area contributed by atoms with Gasteiger partial charge in [-0.15, -0.1) is 0 Å². The van der Waals surface area contributed by atoms with Crippen molar-refractivity contribution in [2.45, 2.75) is 226 Å². The summed E-state index contributed by atoms with van der Waals surface area (Å²) in [5.41, 5.74) is 2.22. The monoisotopic (exact) mass is 1330 g/mol. The van der Waals surface area contributed by atoms with Crippen LogP contribution in [-0.2, 0) is 112 Å². The summed E-state index contributed by atoms with van der Waals surface area (Å²) in [6, 6.07) is 0.969. The van der Waals surface area contributed by atoms with E-state index in [0.717, 1.165) is 57.3 Å². The molecule has 2 aliphatic heterocycles. The van der Waals surface area contributed by atoms with Gasteiger partial charge in [-0.2, -0.15) is 0 Å². The topological polar surface area (TPSA) is 211 Å². The second-order valence-electron chi connectivity index (χ2n) is 24.9. The fourth-order valence-electron chi connectivity index (χ4n) is 9.80. The Labute approximate surface area is 541 Å². The van der Waals surface area contributed by atoms with Crippen molar-refractivity contribution in [2.24, 2.45) is 11.8 Å². The van der Waals surface area contributed by atoms with Crippen molar-refractivity contribution in [3.63, 3.8) is 0 Å². The zero-order valence-electron chi connectivity index (χ0n) is 51.1. The molecule has 4 aliphatic rings. The molecule has 15 nitrogen and oxygen atoms in total. The molecule has 3 aromatic rings. The van der Waals surface area contributed by atoms with Crippen LogP contribution in [0.25, 0.3) is 0 Å². The van der Waals surface area contributed by atoms with Crippen molar-refractivity contribution in [1.82, 2.24) is 29.9 Å². The molecular weight excluding hydrogens is 1240 g/mol. The number of aromatic hydroxyl groups is 1. The fraction of sp³-hybridized carbons (Fsp3) is 0.649. The van der Waals surface area contributed by atoms with Gasteiger partial charge in [0.2, 0.25) is 0 Å². The number of hydrogen-bond donors (Lipinski definition) is 4. The van der Waals surface area contributed by atoms with Gasteiger partial charge in [-0.05, 0) is 173 Å². The SMILES string of the molecule is CC(C)=CCCC(C)(CC=O)O[Si](C)(C)C(C)(C)C.CC1(O[Si](C)(C)C(C)(C)C)CCC2C(C1)c1c(n[c-][nH]c1=O)OC2(C)C.CC1=CCC2C(C1)c1c(n[c-][nH]c1=O)OC2(C)C.O=c1cc(O)n[c-][nH]1.[CH3-].[CH3-].[CH3-].[Y].[Y].[Y]. The van der Waals surface area contributed by atoms with Crippen molar-refractivity contribution in [3.05, 3.63) is 113 Å². The third kappa shape index (κ3) is 21.5. The number of aldehydes is 1. The first-order valence-corrected chi connectivity index (χ1v) is 31.0. The van der Waals surface area contributed by atoms with Crippen molar-refractivity contribution in [2.75, 3.05) is 0 Å². The van der Waals surface area contributed by atoms with E-state index in [4.69, 9.17) is 23.4 Å². The van der Waals surface area contributed by atoms with Crippen LogP contribution < -0.4 is 26.2 Å². The first-order valence-electron chi connectivity index (χ1n) is 25.1. The Bertz CT molecular complexity index is 2570. The van der Waals surface area contributed by atoms with E-state index in [1.165, 1.54) is 11.1 Å². The molecule has 0 aromatic carbocycles. The molecule has 5 heterocycles. The van der Waals surface area contributed by atoms with E-state index in [2.05, 4.69) is 191 Å². The molecule has 1 fully saturated rings. The summed E-state index contributed by atoms with van der Waals surface area (Å²) in [5.74, 6) is 1.52. The van der Waals surface area contributed by atoms with Crippen LogP contribution in [0, 0.1) is 53.1 Å². The molecule has 77 heavy (non-hydrogen) atoms. The van der Waals surface area contributed by atoms with Crippen LogP contribution >= 0.6 is 0 Å². The van der Waals surface area contributed by atoms with Crippen molar-refractivity contribution in [1.29, 1.82) is 0 Å². The van der Waals surface area contributed by atoms with Gasteiger partial charge < -0.3 is 94.8 Å². The van der Waals surface area contributed by atoms with Gasteiger partial charge in [0.05, 0.1) is 22.4 Å². The van der Waals surface area contributed by atoms with E-state index < -0.39 is 22.2 Å². The molecule has 429 valence electrons. The predicted molar refractivity (Wildman–Crippen MR) is 303 cm³/mol. The van der Waals surface area contributed by atoms with Crippen molar-refractivity contribution < 1.29 is 126 Å². The molecule has 20 heteroatoms. The first-order chi connectivity index (χ1) is 32.5. The third-order valence-electron chi connectivity index (χ3n) is 15.7. The number of rotatable bonds is 9. The van der Waals surface area contributed by atoms with E-state index in [-0.39, 0.29) is 188 Å². The molecule has 6 atom stereocenters. The molecule has 2 aliphatic carbocycles. The third-order valence-corrected chi connectivity index (χ3v) is 24.9. The van der Waals surface area contributed by atoms with Crippen molar-refractivity contribution in [3.8, 4) is 17.6 Å². The van der Waals surface area contributed by atoms with E-state index in [1.54, 1.807) is 0 Å². The minimum atomic E-state index is -1.90. The van der Waals surface area contributed by atoms with Gasteiger partial charge in [0.1, 0.15) is 40.6 Å². The fourth-order valence-corrected chi connectivity index (χ4v) is 13.3. The number of carbonyl (C=O) groups excluding carboxylic acids is 1. The Morgan fingerprint density at radius 3 is 1.70 bits per heavy atom. The number of carbonyl (C=O) groups is 1. The van der Waals surface area contributed by atoms with Gasteiger partial charge >= 0.3 is 0 Å². The maximum Gasteiger partial charge on any atom is 0.192 e. The summed E-state index contributed by atoms with van der Waals surface area (Å²) in [4.78, 5) is 64.5. The van der Waals surface area contributed by atoms with Crippen LogP contribution in [-0.4, -0.2) is 80.3 Å². The van der Waals surface area contributed by atoms with Crippen molar-refractivity contribution >= 4 is 22.9 Å². The quantitative estimate of drug-likeness (QED) is 0.0682. The molecule has 7 rings (SSSR count). The zero-order chi connectivity index (χ0) is 53.8. The van der Waals surface area contributed by atoms with Crippen LogP contribution in [0.3, 0.4) is 0 Å². The normalized spacial score (nSPS) is 22.0. The number of nitrogens with zero attached hydrogens (tertiary/aromatic N) is 3. The number of ether oxygens (including phenoxy) is 2. The molecule has 1 saturated carbocycles. The number of fused-ring (bicyclic) bond motifs is 6. The zero-order valence-corrected chi connectivity index (χ0v) is 61.6. The molecule has 0 spiro atoms.